The van der Waals surface area contributed by atoms with Gasteiger partial charge in [0.15, 0.2) is 0 Å². The quantitative estimate of drug-likeness (QED) is 0.586. The molecule has 0 amide bonds. The van der Waals surface area contributed by atoms with Crippen molar-refractivity contribution in [2.45, 2.75) is 45.6 Å². The molecule has 0 spiro atoms. The molecule has 1 aliphatic heterocycles. The first kappa shape index (κ1) is 18.9. The number of rotatable bonds is 11. The molecule has 0 radical (unpaired) electrons. The summed E-state index contributed by atoms with van der Waals surface area (Å²) in [5.74, 6) is 0. The minimum Gasteiger partial charge on any atom is -0.313 e. The Labute approximate surface area is 132 Å². The second kappa shape index (κ2) is 11.4. The second-order valence-electron chi connectivity index (χ2n) is 6.84. The number of piperazine rings is 1. The summed E-state index contributed by atoms with van der Waals surface area (Å²) in [4.78, 5) is 7.48. The fourth-order valence-electron chi connectivity index (χ4n) is 2.85. The van der Waals surface area contributed by atoms with Crippen LogP contribution in [0.3, 0.4) is 0 Å². The summed E-state index contributed by atoms with van der Waals surface area (Å²) in [6.45, 7) is 14.3. The van der Waals surface area contributed by atoms with Gasteiger partial charge in [-0.15, -0.1) is 0 Å². The molecule has 1 heterocycles. The van der Waals surface area contributed by atoms with Crippen LogP contribution < -0.4 is 5.32 Å². The van der Waals surface area contributed by atoms with Crippen molar-refractivity contribution in [3.05, 3.63) is 0 Å². The van der Waals surface area contributed by atoms with Crippen molar-refractivity contribution in [1.29, 1.82) is 0 Å². The van der Waals surface area contributed by atoms with Crippen LogP contribution in [0.1, 0.15) is 39.5 Å². The Kier molecular flexibility index (Phi) is 10.3. The Morgan fingerprint density at radius 2 is 1.62 bits per heavy atom. The summed E-state index contributed by atoms with van der Waals surface area (Å²) in [6.07, 6.45) is 5.40. The van der Waals surface area contributed by atoms with Gasteiger partial charge in [0.1, 0.15) is 0 Å². The van der Waals surface area contributed by atoms with E-state index in [1.807, 2.05) is 0 Å². The van der Waals surface area contributed by atoms with Gasteiger partial charge >= 0.3 is 0 Å². The zero-order valence-electron chi connectivity index (χ0n) is 14.9. The van der Waals surface area contributed by atoms with Crippen molar-refractivity contribution >= 4 is 0 Å². The summed E-state index contributed by atoms with van der Waals surface area (Å²) < 4.78 is 0. The third kappa shape index (κ3) is 9.46. The van der Waals surface area contributed by atoms with E-state index in [2.05, 4.69) is 48.0 Å². The monoisotopic (exact) mass is 298 g/mol. The highest BCUT2D eigenvalue weighted by Gasteiger charge is 2.16. The highest BCUT2D eigenvalue weighted by Crippen LogP contribution is 2.03. The van der Waals surface area contributed by atoms with Crippen LogP contribution in [-0.2, 0) is 0 Å². The van der Waals surface area contributed by atoms with Gasteiger partial charge in [0.25, 0.3) is 0 Å². The fraction of sp³-hybridized carbons (Fsp3) is 1.00. The van der Waals surface area contributed by atoms with E-state index in [1.54, 1.807) is 0 Å². The van der Waals surface area contributed by atoms with Crippen molar-refractivity contribution < 1.29 is 0 Å². The average Bonchev–Trinajstić information content (AvgIpc) is 2.46. The summed E-state index contributed by atoms with van der Waals surface area (Å²) in [5, 5.41) is 3.68. The molecular formula is C17H38N4. The summed E-state index contributed by atoms with van der Waals surface area (Å²) >= 11 is 0. The molecular weight excluding hydrogens is 260 g/mol. The highest BCUT2D eigenvalue weighted by molar-refractivity contribution is 4.73. The number of hydrogen-bond acceptors (Lipinski definition) is 4. The van der Waals surface area contributed by atoms with Crippen LogP contribution in [0.25, 0.3) is 0 Å². The summed E-state index contributed by atoms with van der Waals surface area (Å²) in [7, 11) is 4.31. The molecule has 0 aromatic carbocycles. The zero-order valence-corrected chi connectivity index (χ0v) is 14.9. The molecule has 1 atom stereocenters. The topological polar surface area (TPSA) is 21.8 Å². The largest absolute Gasteiger partial charge is 0.313 e. The zero-order chi connectivity index (χ0) is 15.5. The van der Waals surface area contributed by atoms with Crippen molar-refractivity contribution in [3.63, 3.8) is 0 Å². The molecule has 0 aliphatic carbocycles. The Hall–Kier alpha value is -0.160. The van der Waals surface area contributed by atoms with Crippen LogP contribution in [0, 0.1) is 0 Å². The summed E-state index contributed by atoms with van der Waals surface area (Å²) in [5.41, 5.74) is 0. The van der Waals surface area contributed by atoms with Crippen LogP contribution in [-0.4, -0.2) is 87.2 Å². The van der Waals surface area contributed by atoms with Crippen molar-refractivity contribution in [2.24, 2.45) is 0 Å². The molecule has 1 fully saturated rings. The number of nitrogens with one attached hydrogen (secondary N) is 1. The third-order valence-corrected chi connectivity index (χ3v) is 4.49. The van der Waals surface area contributed by atoms with Gasteiger partial charge < -0.3 is 10.2 Å². The average molecular weight is 299 g/mol. The molecule has 0 bridgehead atoms. The van der Waals surface area contributed by atoms with E-state index in [4.69, 9.17) is 0 Å². The molecule has 1 aliphatic rings. The molecule has 0 aromatic heterocycles. The van der Waals surface area contributed by atoms with E-state index in [9.17, 15) is 0 Å². The molecule has 1 unspecified atom stereocenters. The first-order chi connectivity index (χ1) is 10.1. The van der Waals surface area contributed by atoms with Gasteiger partial charge in [-0.05, 0) is 27.4 Å². The van der Waals surface area contributed by atoms with Crippen molar-refractivity contribution in [2.75, 3.05) is 66.5 Å². The smallest absolute Gasteiger partial charge is 0.0110 e. The maximum absolute atomic E-state index is 3.68. The van der Waals surface area contributed by atoms with E-state index in [1.165, 1.54) is 71.5 Å². The molecule has 1 rings (SSSR count). The van der Waals surface area contributed by atoms with Gasteiger partial charge in [-0.25, -0.2) is 0 Å². The van der Waals surface area contributed by atoms with E-state index in [-0.39, 0.29) is 0 Å². The third-order valence-electron chi connectivity index (χ3n) is 4.49. The first-order valence-electron chi connectivity index (χ1n) is 8.94. The maximum atomic E-state index is 3.68. The van der Waals surface area contributed by atoms with Gasteiger partial charge in [-0.2, -0.15) is 0 Å². The lowest BCUT2D eigenvalue weighted by atomic mass is 10.1. The van der Waals surface area contributed by atoms with Crippen LogP contribution in [0.2, 0.25) is 0 Å². The van der Waals surface area contributed by atoms with E-state index < -0.39 is 0 Å². The lowest BCUT2D eigenvalue weighted by Gasteiger charge is -2.35. The molecule has 4 nitrogen and oxygen atoms in total. The lowest BCUT2D eigenvalue weighted by Crippen LogP contribution is -2.49. The molecule has 4 heteroatoms. The second-order valence-corrected chi connectivity index (χ2v) is 6.84. The minimum absolute atomic E-state index is 0.679. The van der Waals surface area contributed by atoms with E-state index >= 15 is 0 Å². The highest BCUT2D eigenvalue weighted by atomic mass is 15.3. The Bertz CT molecular complexity index is 237. The van der Waals surface area contributed by atoms with Gasteiger partial charge in [-0.3, -0.25) is 9.80 Å². The predicted molar refractivity (Wildman–Crippen MR) is 93.0 cm³/mol. The number of nitrogens with zero attached hydrogens (tertiary/aromatic N) is 3. The standard InChI is InChI=1S/C17H38N4/c1-5-6-7-8-17(2)18-9-10-20-13-15-21(16-14-20)12-11-19(3)4/h17-18H,5-16H2,1-4H3. The number of hydrogen-bond donors (Lipinski definition) is 1. The number of unbranched alkanes of at least 4 members (excludes halogenated alkanes) is 2. The van der Waals surface area contributed by atoms with Gasteiger partial charge in [0, 0.05) is 58.4 Å². The number of likely N-dealkylation sites (N-methyl/N-ethyl adjacent to an activating group) is 1. The van der Waals surface area contributed by atoms with Crippen molar-refractivity contribution in [1.82, 2.24) is 20.0 Å². The normalized spacial score (nSPS) is 19.3. The fourth-order valence-corrected chi connectivity index (χ4v) is 2.85. The Balaban J connectivity index is 2.00. The first-order valence-corrected chi connectivity index (χ1v) is 8.94. The molecule has 0 saturated carbocycles. The van der Waals surface area contributed by atoms with E-state index in [0.29, 0.717) is 6.04 Å². The van der Waals surface area contributed by atoms with E-state index in [0.717, 1.165) is 6.54 Å². The molecule has 1 saturated heterocycles. The minimum atomic E-state index is 0.679. The lowest BCUT2D eigenvalue weighted by molar-refractivity contribution is 0.125. The summed E-state index contributed by atoms with van der Waals surface area (Å²) in [6, 6.07) is 0.679. The predicted octanol–water partition coefficient (Wildman–Crippen LogP) is 1.72. The molecule has 21 heavy (non-hydrogen) atoms. The SMILES string of the molecule is CCCCCC(C)NCCN1CCN(CCN(C)C)CC1. The van der Waals surface area contributed by atoms with Crippen LogP contribution in [0.4, 0.5) is 0 Å². The molecule has 126 valence electrons. The van der Waals surface area contributed by atoms with Crippen LogP contribution >= 0.6 is 0 Å². The van der Waals surface area contributed by atoms with Crippen LogP contribution in [0.15, 0.2) is 0 Å². The van der Waals surface area contributed by atoms with Gasteiger partial charge in [0.05, 0.1) is 0 Å². The Morgan fingerprint density at radius 3 is 2.19 bits per heavy atom. The molecule has 1 N–H and O–H groups in total. The van der Waals surface area contributed by atoms with Crippen molar-refractivity contribution in [3.8, 4) is 0 Å². The molecule has 0 aromatic rings. The maximum Gasteiger partial charge on any atom is 0.0110 e. The Morgan fingerprint density at radius 1 is 1.00 bits per heavy atom. The van der Waals surface area contributed by atoms with Crippen LogP contribution in [0.5, 0.6) is 0 Å². The van der Waals surface area contributed by atoms with Gasteiger partial charge in [-0.1, -0.05) is 26.2 Å². The van der Waals surface area contributed by atoms with Gasteiger partial charge in [0.2, 0.25) is 0 Å².